The molecule has 24 heavy (non-hydrogen) atoms. The molecule has 3 rings (SSSR count). The summed E-state index contributed by atoms with van der Waals surface area (Å²) in [6.07, 6.45) is 5.19. The summed E-state index contributed by atoms with van der Waals surface area (Å²) in [6.45, 7) is 7.86. The van der Waals surface area contributed by atoms with Crippen LogP contribution in [0.1, 0.15) is 36.8 Å². The molecule has 2 saturated heterocycles. The number of ether oxygens (including phenoxy) is 1. The molecule has 4 heteroatoms. The Kier molecular flexibility index (Phi) is 6.27. The van der Waals surface area contributed by atoms with Crippen molar-refractivity contribution in [1.82, 2.24) is 9.80 Å². The summed E-state index contributed by atoms with van der Waals surface area (Å²) in [4.78, 5) is 17.4. The van der Waals surface area contributed by atoms with Gasteiger partial charge in [0.05, 0.1) is 19.6 Å². The molecule has 2 fully saturated rings. The fraction of sp³-hybridized carbons (Fsp3) is 0.650. The highest BCUT2D eigenvalue weighted by atomic mass is 16.5. The molecule has 1 atom stereocenters. The molecule has 1 aromatic carbocycles. The van der Waals surface area contributed by atoms with Crippen molar-refractivity contribution in [1.29, 1.82) is 0 Å². The largest absolute Gasteiger partial charge is 0.379 e. The van der Waals surface area contributed by atoms with Crippen LogP contribution in [0.3, 0.4) is 0 Å². The summed E-state index contributed by atoms with van der Waals surface area (Å²) >= 11 is 0. The number of rotatable bonds is 5. The molecule has 4 nitrogen and oxygen atoms in total. The van der Waals surface area contributed by atoms with Gasteiger partial charge in [-0.25, -0.2) is 0 Å². The van der Waals surface area contributed by atoms with Crippen molar-refractivity contribution in [2.45, 2.75) is 45.1 Å². The average molecular weight is 330 g/mol. The van der Waals surface area contributed by atoms with Crippen molar-refractivity contribution in [2.24, 2.45) is 0 Å². The van der Waals surface area contributed by atoms with Crippen LogP contribution in [-0.2, 0) is 16.0 Å². The molecular formula is C20H30N2O2. The first-order chi connectivity index (χ1) is 11.7. The minimum atomic E-state index is 0.297. The van der Waals surface area contributed by atoms with Gasteiger partial charge in [-0.3, -0.25) is 9.69 Å². The second-order valence-electron chi connectivity index (χ2n) is 7.14. The molecule has 0 bridgehead atoms. The van der Waals surface area contributed by atoms with E-state index < -0.39 is 0 Å². The number of aryl methyl sites for hydroxylation is 1. The van der Waals surface area contributed by atoms with Crippen LogP contribution in [0.15, 0.2) is 24.3 Å². The Morgan fingerprint density at radius 2 is 1.88 bits per heavy atom. The lowest BCUT2D eigenvalue weighted by molar-refractivity contribution is -0.134. The van der Waals surface area contributed by atoms with E-state index >= 15 is 0 Å². The van der Waals surface area contributed by atoms with Gasteiger partial charge in [-0.05, 0) is 38.2 Å². The van der Waals surface area contributed by atoms with Gasteiger partial charge in [-0.2, -0.15) is 0 Å². The first-order valence-corrected chi connectivity index (χ1v) is 9.37. The van der Waals surface area contributed by atoms with Crippen molar-refractivity contribution >= 4 is 5.91 Å². The van der Waals surface area contributed by atoms with Gasteiger partial charge >= 0.3 is 0 Å². The minimum Gasteiger partial charge on any atom is -0.379 e. The summed E-state index contributed by atoms with van der Waals surface area (Å²) in [5, 5.41) is 0. The molecule has 0 N–H and O–H groups in total. The summed E-state index contributed by atoms with van der Waals surface area (Å²) in [5.41, 5.74) is 2.37. The standard InChI is InChI=1S/C20H30N2O2/c1-17-5-7-18(8-6-17)16-20(23)22-10-3-2-4-19(22)9-11-21-12-14-24-15-13-21/h5-8,19H,2-4,9-16H2,1H3. The number of nitrogens with zero attached hydrogens (tertiary/aromatic N) is 2. The van der Waals surface area contributed by atoms with E-state index in [1.165, 1.54) is 12.0 Å². The monoisotopic (exact) mass is 330 g/mol. The highest BCUT2D eigenvalue weighted by Crippen LogP contribution is 2.21. The number of hydrogen-bond acceptors (Lipinski definition) is 3. The van der Waals surface area contributed by atoms with Gasteiger partial charge in [-0.1, -0.05) is 29.8 Å². The number of morpholine rings is 1. The number of piperidine rings is 1. The third kappa shape index (κ3) is 4.81. The minimum absolute atomic E-state index is 0.297. The average Bonchev–Trinajstić information content (AvgIpc) is 2.63. The quantitative estimate of drug-likeness (QED) is 0.832. The molecule has 0 spiro atoms. The maximum Gasteiger partial charge on any atom is 0.227 e. The lowest BCUT2D eigenvalue weighted by atomic mass is 9.97. The maximum atomic E-state index is 12.8. The van der Waals surface area contributed by atoms with Crippen LogP contribution in [0, 0.1) is 6.92 Å². The van der Waals surface area contributed by atoms with E-state index in [0.29, 0.717) is 18.4 Å². The van der Waals surface area contributed by atoms with Gasteiger partial charge in [0.1, 0.15) is 0 Å². The molecule has 1 unspecified atom stereocenters. The zero-order chi connectivity index (χ0) is 16.8. The van der Waals surface area contributed by atoms with Gasteiger partial charge in [0.25, 0.3) is 0 Å². The van der Waals surface area contributed by atoms with Gasteiger partial charge < -0.3 is 9.64 Å². The van der Waals surface area contributed by atoms with Gasteiger partial charge in [0, 0.05) is 32.2 Å². The zero-order valence-corrected chi connectivity index (χ0v) is 14.9. The smallest absolute Gasteiger partial charge is 0.227 e. The first-order valence-electron chi connectivity index (χ1n) is 9.37. The highest BCUT2D eigenvalue weighted by molar-refractivity contribution is 5.79. The van der Waals surface area contributed by atoms with Crippen molar-refractivity contribution in [3.8, 4) is 0 Å². The molecule has 2 aliphatic rings. The van der Waals surface area contributed by atoms with E-state index in [2.05, 4.69) is 41.0 Å². The molecule has 1 amide bonds. The lowest BCUT2D eigenvalue weighted by Crippen LogP contribution is -2.46. The SMILES string of the molecule is Cc1ccc(CC(=O)N2CCCCC2CCN2CCOCC2)cc1. The van der Waals surface area contributed by atoms with E-state index in [-0.39, 0.29) is 0 Å². The zero-order valence-electron chi connectivity index (χ0n) is 14.9. The van der Waals surface area contributed by atoms with Crippen molar-refractivity contribution in [3.63, 3.8) is 0 Å². The molecule has 2 aliphatic heterocycles. The predicted molar refractivity (Wildman–Crippen MR) is 96.1 cm³/mol. The topological polar surface area (TPSA) is 32.8 Å². The van der Waals surface area contributed by atoms with Crippen molar-refractivity contribution < 1.29 is 9.53 Å². The van der Waals surface area contributed by atoms with E-state index in [9.17, 15) is 4.79 Å². The summed E-state index contributed by atoms with van der Waals surface area (Å²) < 4.78 is 5.42. The fourth-order valence-corrected chi connectivity index (χ4v) is 3.77. The highest BCUT2D eigenvalue weighted by Gasteiger charge is 2.27. The Morgan fingerprint density at radius 3 is 2.62 bits per heavy atom. The Balaban J connectivity index is 1.54. The first kappa shape index (κ1) is 17.4. The van der Waals surface area contributed by atoms with Crippen LogP contribution in [0.5, 0.6) is 0 Å². The Labute approximate surface area is 145 Å². The molecule has 0 radical (unpaired) electrons. The van der Waals surface area contributed by atoms with Crippen molar-refractivity contribution in [2.75, 3.05) is 39.4 Å². The van der Waals surface area contributed by atoms with Crippen LogP contribution >= 0.6 is 0 Å². The molecular weight excluding hydrogens is 300 g/mol. The van der Waals surface area contributed by atoms with Crippen molar-refractivity contribution in [3.05, 3.63) is 35.4 Å². The number of amides is 1. The number of hydrogen-bond donors (Lipinski definition) is 0. The number of carbonyl (C=O) groups is 1. The molecule has 0 aliphatic carbocycles. The van der Waals surface area contributed by atoms with Gasteiger partial charge in [-0.15, -0.1) is 0 Å². The van der Waals surface area contributed by atoms with E-state index in [1.807, 2.05) is 0 Å². The van der Waals surface area contributed by atoms with E-state index in [4.69, 9.17) is 4.74 Å². The molecule has 2 heterocycles. The predicted octanol–water partition coefficient (Wildman–Crippen LogP) is 2.64. The Bertz CT molecular complexity index is 523. The maximum absolute atomic E-state index is 12.8. The molecule has 1 aromatic rings. The third-order valence-electron chi connectivity index (χ3n) is 5.31. The second kappa shape index (κ2) is 8.63. The molecule has 0 saturated carbocycles. The summed E-state index contributed by atoms with van der Waals surface area (Å²) in [7, 11) is 0. The van der Waals surface area contributed by atoms with E-state index in [0.717, 1.165) is 64.2 Å². The number of likely N-dealkylation sites (tertiary alicyclic amines) is 1. The third-order valence-corrected chi connectivity index (χ3v) is 5.31. The van der Waals surface area contributed by atoms with Crippen LogP contribution in [0.4, 0.5) is 0 Å². The number of benzene rings is 1. The fourth-order valence-electron chi connectivity index (χ4n) is 3.77. The summed E-state index contributed by atoms with van der Waals surface area (Å²) in [6, 6.07) is 8.77. The van der Waals surface area contributed by atoms with E-state index in [1.54, 1.807) is 0 Å². The normalized spacial score (nSPS) is 22.5. The van der Waals surface area contributed by atoms with Gasteiger partial charge in [0.15, 0.2) is 0 Å². The van der Waals surface area contributed by atoms with Crippen LogP contribution in [0.2, 0.25) is 0 Å². The van der Waals surface area contributed by atoms with Crippen LogP contribution < -0.4 is 0 Å². The number of carbonyl (C=O) groups excluding carboxylic acids is 1. The molecule has 132 valence electrons. The Morgan fingerprint density at radius 1 is 1.12 bits per heavy atom. The summed E-state index contributed by atoms with van der Waals surface area (Å²) in [5.74, 6) is 0.297. The molecule has 0 aromatic heterocycles. The van der Waals surface area contributed by atoms with Crippen LogP contribution in [-0.4, -0.2) is 61.1 Å². The second-order valence-corrected chi connectivity index (χ2v) is 7.14. The lowest BCUT2D eigenvalue weighted by Gasteiger charge is -2.37. The Hall–Kier alpha value is -1.39. The van der Waals surface area contributed by atoms with Gasteiger partial charge in [0.2, 0.25) is 5.91 Å². The van der Waals surface area contributed by atoms with Crippen LogP contribution in [0.25, 0.3) is 0 Å².